The van der Waals surface area contributed by atoms with E-state index in [1.165, 1.54) is 0 Å². The van der Waals surface area contributed by atoms with Crippen LogP contribution in [-0.4, -0.2) is 19.8 Å². The number of halogens is 1. The quantitative estimate of drug-likeness (QED) is 0.501. The summed E-state index contributed by atoms with van der Waals surface area (Å²) in [5.41, 5.74) is 0. The minimum Gasteiger partial charge on any atom is -1.00 e. The molecule has 0 amide bonds. The summed E-state index contributed by atoms with van der Waals surface area (Å²) in [4.78, 5) is 0. The van der Waals surface area contributed by atoms with Gasteiger partial charge in [-0.05, 0) is 0 Å². The van der Waals surface area contributed by atoms with Gasteiger partial charge in [0, 0.05) is 0 Å². The van der Waals surface area contributed by atoms with Gasteiger partial charge in [0.25, 0.3) is 0 Å². The van der Waals surface area contributed by atoms with E-state index in [-0.39, 0.29) is 63.0 Å². The third-order valence-corrected chi connectivity index (χ3v) is 1.49. The van der Waals surface area contributed by atoms with Crippen LogP contribution in [0.5, 0.6) is 0 Å². The summed E-state index contributed by atoms with van der Waals surface area (Å²) in [5.74, 6) is 0. The number of unbranched alkanes of at least 4 members (excludes halogenated alkanes) is 3. The van der Waals surface area contributed by atoms with E-state index >= 15 is 0 Å². The first kappa shape index (κ1) is 30.9. The first-order chi connectivity index (χ1) is 7.24. The van der Waals surface area contributed by atoms with Gasteiger partial charge < -0.3 is 32.3 Å². The Balaban J connectivity index is -0.0000000400. The van der Waals surface area contributed by atoms with E-state index < -0.39 is 0 Å². The van der Waals surface area contributed by atoms with Gasteiger partial charge in [0.15, 0.2) is 0 Å². The van der Waals surface area contributed by atoms with Crippen molar-refractivity contribution in [3.05, 3.63) is 0 Å². The van der Waals surface area contributed by atoms with E-state index in [2.05, 4.69) is 0 Å². The predicted molar refractivity (Wildman–Crippen MR) is 59.3 cm³/mol. The molecule has 104 valence electrons. The summed E-state index contributed by atoms with van der Waals surface area (Å²) in [5, 5.41) is 28.6. The molecule has 0 heterocycles. The van der Waals surface area contributed by atoms with Crippen LogP contribution in [0.25, 0.3) is 0 Å². The van der Waals surface area contributed by atoms with Crippen LogP contribution in [0.3, 0.4) is 0 Å². The van der Waals surface area contributed by atoms with Gasteiger partial charge in [-0.2, -0.15) is 0 Å². The molecule has 0 aromatic rings. The van der Waals surface area contributed by atoms with E-state index in [1.54, 1.807) is 0 Å². The monoisotopic (exact) mass is 388 g/mol. The van der Waals surface area contributed by atoms with Crippen molar-refractivity contribution in [1.29, 1.82) is 0 Å². The summed E-state index contributed by atoms with van der Waals surface area (Å²) < 4.78 is 0. The normalized spacial score (nSPS) is 7.41. The Bertz CT molecular complexity index is 58.5. The van der Waals surface area contributed by atoms with Crippen LogP contribution in [-0.2, 0) is 26.2 Å². The summed E-state index contributed by atoms with van der Waals surface area (Å²) in [6.07, 6.45) is 5.59. The van der Waals surface area contributed by atoms with Crippen molar-refractivity contribution in [2.24, 2.45) is 0 Å². The fourth-order valence-electron chi connectivity index (χ4n) is 0.433. The third-order valence-electron chi connectivity index (χ3n) is 1.49. The summed E-state index contributed by atoms with van der Waals surface area (Å²) in [6.45, 7) is 6.32. The van der Waals surface area contributed by atoms with Crippen molar-refractivity contribution in [3.63, 3.8) is 0 Å². The fourth-order valence-corrected chi connectivity index (χ4v) is 0.433. The topological polar surface area (TPSA) is 69.2 Å². The smallest absolute Gasteiger partial charge is 1.00 e. The van der Waals surface area contributed by atoms with Crippen LogP contribution in [0, 0.1) is 0 Å². The molecule has 0 fully saturated rings. The van der Waals surface area contributed by atoms with Gasteiger partial charge in [-0.25, -0.2) is 0 Å². The SMILES string of the molecule is CCCC[O-].CCCC[O-].CCCC[O-].[Br-].[Zr+4]. The zero-order valence-electron chi connectivity index (χ0n) is 11.5. The molecule has 0 aromatic carbocycles. The molecule has 0 unspecified atom stereocenters. The zero-order valence-corrected chi connectivity index (χ0v) is 15.5. The van der Waals surface area contributed by atoms with Crippen LogP contribution in [0.1, 0.15) is 59.3 Å². The zero-order chi connectivity index (χ0) is 12.4. The summed E-state index contributed by atoms with van der Waals surface area (Å²) >= 11 is 0. The van der Waals surface area contributed by atoms with Crippen molar-refractivity contribution in [2.45, 2.75) is 59.3 Å². The van der Waals surface area contributed by atoms with Crippen molar-refractivity contribution in [3.8, 4) is 0 Å². The Morgan fingerprint density at radius 2 is 0.765 bits per heavy atom. The summed E-state index contributed by atoms with van der Waals surface area (Å²) in [6, 6.07) is 0. The molecular formula is C12H27BrO3Zr. The molecule has 5 heteroatoms. The van der Waals surface area contributed by atoms with Crippen LogP contribution < -0.4 is 32.3 Å². The molecule has 3 nitrogen and oxygen atoms in total. The van der Waals surface area contributed by atoms with E-state index in [9.17, 15) is 15.3 Å². The third kappa shape index (κ3) is 76.4. The van der Waals surface area contributed by atoms with Crippen molar-refractivity contribution in [1.82, 2.24) is 0 Å². The van der Waals surface area contributed by atoms with Gasteiger partial charge in [0.05, 0.1) is 0 Å². The van der Waals surface area contributed by atoms with Gasteiger partial charge in [-0.3, -0.25) is 0 Å². The van der Waals surface area contributed by atoms with Crippen molar-refractivity contribution < 1.29 is 58.5 Å². The Morgan fingerprint density at radius 3 is 0.765 bits per heavy atom. The maximum absolute atomic E-state index is 9.53. The second kappa shape index (κ2) is 43.4. The average molecular weight is 390 g/mol. The second-order valence-corrected chi connectivity index (χ2v) is 3.17. The largest absolute Gasteiger partial charge is 4.00 e. The van der Waals surface area contributed by atoms with E-state index in [0.717, 1.165) is 38.5 Å². The molecule has 0 radical (unpaired) electrons. The Morgan fingerprint density at radius 1 is 0.588 bits per heavy atom. The van der Waals surface area contributed by atoms with Crippen molar-refractivity contribution in [2.75, 3.05) is 19.8 Å². The van der Waals surface area contributed by atoms with E-state index in [4.69, 9.17) is 0 Å². The van der Waals surface area contributed by atoms with Gasteiger partial charge in [-0.1, -0.05) is 59.3 Å². The Labute approximate surface area is 137 Å². The van der Waals surface area contributed by atoms with Gasteiger partial charge >= 0.3 is 26.2 Å². The van der Waals surface area contributed by atoms with E-state index in [0.29, 0.717) is 0 Å². The fraction of sp³-hybridized carbons (Fsp3) is 1.00. The molecule has 0 saturated heterocycles. The van der Waals surface area contributed by atoms with Gasteiger partial charge in [0.1, 0.15) is 0 Å². The maximum atomic E-state index is 9.53. The number of hydrogen-bond acceptors (Lipinski definition) is 3. The number of rotatable bonds is 6. The Kier molecular flexibility index (Phi) is 78.9. The van der Waals surface area contributed by atoms with Crippen molar-refractivity contribution >= 4 is 0 Å². The van der Waals surface area contributed by atoms with Gasteiger partial charge in [-0.15, -0.1) is 19.8 Å². The minimum atomic E-state index is 0. The molecular weight excluding hydrogens is 363 g/mol. The Hall–Kier alpha value is 1.24. The van der Waals surface area contributed by atoms with Crippen LogP contribution in [0.2, 0.25) is 0 Å². The summed E-state index contributed by atoms with van der Waals surface area (Å²) in [7, 11) is 0. The minimum absolute atomic E-state index is 0. The first-order valence-electron chi connectivity index (χ1n) is 5.99. The molecule has 0 N–H and O–H groups in total. The molecule has 0 saturated carbocycles. The molecule has 0 spiro atoms. The molecule has 0 bridgehead atoms. The molecule has 0 atom stereocenters. The maximum Gasteiger partial charge on any atom is 4.00 e. The molecule has 17 heavy (non-hydrogen) atoms. The van der Waals surface area contributed by atoms with Crippen LogP contribution >= 0.6 is 0 Å². The molecule has 0 aliphatic heterocycles. The molecule has 0 aromatic heterocycles. The number of hydrogen-bond donors (Lipinski definition) is 0. The predicted octanol–water partition coefficient (Wildman–Crippen LogP) is -2.56. The second-order valence-electron chi connectivity index (χ2n) is 3.17. The first-order valence-corrected chi connectivity index (χ1v) is 5.99. The molecule has 0 aliphatic carbocycles. The molecule has 0 aliphatic rings. The van der Waals surface area contributed by atoms with Crippen LogP contribution in [0.4, 0.5) is 0 Å². The van der Waals surface area contributed by atoms with E-state index in [1.807, 2.05) is 20.8 Å². The van der Waals surface area contributed by atoms with Gasteiger partial charge in [0.2, 0.25) is 0 Å². The molecule has 0 rings (SSSR count). The van der Waals surface area contributed by atoms with Crippen LogP contribution in [0.15, 0.2) is 0 Å². The standard InChI is InChI=1S/3C4H9O.BrH.Zr/c3*1-2-3-4-5;;/h3*2-4H2,1H3;1H;/q3*-1;;+4/p-1. The average Bonchev–Trinajstić information content (AvgIpc) is 2.23.